The molecule has 9 nitrogen and oxygen atoms in total. The molecule has 1 fully saturated rings. The molecule has 1 aliphatic heterocycles. The van der Waals surface area contributed by atoms with Crippen LogP contribution >= 0.6 is 0 Å². The van der Waals surface area contributed by atoms with Gasteiger partial charge in [-0.2, -0.15) is 0 Å². The summed E-state index contributed by atoms with van der Waals surface area (Å²) < 4.78 is 12.2. The Balaban J connectivity index is 1.50. The summed E-state index contributed by atoms with van der Waals surface area (Å²) in [5.74, 6) is 1.82. The molecule has 4 rings (SSSR count). The topological polar surface area (TPSA) is 94.4 Å². The SMILES string of the molecule is COc1cccc(NC(=O)c2cn(-c3cc(N4CCOCC4)ncn3)cn2)c1. The molecule has 0 unspecified atom stereocenters. The number of aromatic nitrogens is 4. The second-order valence-corrected chi connectivity index (χ2v) is 6.19. The van der Waals surface area contributed by atoms with E-state index in [1.54, 1.807) is 42.4 Å². The molecule has 0 aliphatic carbocycles. The number of nitrogens with zero attached hydrogens (tertiary/aromatic N) is 5. The van der Waals surface area contributed by atoms with Crippen molar-refractivity contribution in [2.75, 3.05) is 43.6 Å². The molecule has 1 saturated heterocycles. The fourth-order valence-electron chi connectivity index (χ4n) is 2.91. The summed E-state index contributed by atoms with van der Waals surface area (Å²) in [7, 11) is 1.58. The van der Waals surface area contributed by atoms with Crippen molar-refractivity contribution < 1.29 is 14.3 Å². The lowest BCUT2D eigenvalue weighted by molar-refractivity contribution is 0.102. The van der Waals surface area contributed by atoms with E-state index in [0.29, 0.717) is 30.5 Å². The number of carbonyl (C=O) groups excluding carboxylic acids is 1. The molecule has 1 aromatic carbocycles. The van der Waals surface area contributed by atoms with Crippen molar-refractivity contribution in [2.45, 2.75) is 0 Å². The Morgan fingerprint density at radius 1 is 1.14 bits per heavy atom. The van der Waals surface area contributed by atoms with Crippen LogP contribution in [0.2, 0.25) is 0 Å². The average Bonchev–Trinajstić information content (AvgIpc) is 3.25. The minimum Gasteiger partial charge on any atom is -0.497 e. The van der Waals surface area contributed by atoms with Crippen LogP contribution in [0.4, 0.5) is 11.5 Å². The van der Waals surface area contributed by atoms with Crippen molar-refractivity contribution in [2.24, 2.45) is 0 Å². The highest BCUT2D eigenvalue weighted by Gasteiger charge is 2.15. The third-order valence-electron chi connectivity index (χ3n) is 4.38. The average molecular weight is 380 g/mol. The van der Waals surface area contributed by atoms with E-state index in [1.807, 2.05) is 12.1 Å². The first-order valence-electron chi connectivity index (χ1n) is 8.87. The molecule has 3 aromatic rings. The molecule has 144 valence electrons. The second kappa shape index (κ2) is 8.05. The van der Waals surface area contributed by atoms with Gasteiger partial charge in [-0.05, 0) is 12.1 Å². The van der Waals surface area contributed by atoms with Gasteiger partial charge in [-0.3, -0.25) is 9.36 Å². The minimum atomic E-state index is -0.311. The van der Waals surface area contributed by atoms with E-state index < -0.39 is 0 Å². The van der Waals surface area contributed by atoms with Gasteiger partial charge in [0.1, 0.15) is 35.7 Å². The van der Waals surface area contributed by atoms with E-state index in [2.05, 4.69) is 25.2 Å². The zero-order valence-corrected chi connectivity index (χ0v) is 15.4. The highest BCUT2D eigenvalue weighted by Crippen LogP contribution is 2.18. The van der Waals surface area contributed by atoms with Gasteiger partial charge in [-0.15, -0.1) is 0 Å². The predicted molar refractivity (Wildman–Crippen MR) is 103 cm³/mol. The van der Waals surface area contributed by atoms with Gasteiger partial charge < -0.3 is 19.7 Å². The van der Waals surface area contributed by atoms with Crippen LogP contribution in [0.3, 0.4) is 0 Å². The number of amides is 1. The number of rotatable bonds is 5. The monoisotopic (exact) mass is 380 g/mol. The first-order chi connectivity index (χ1) is 13.7. The van der Waals surface area contributed by atoms with Crippen molar-refractivity contribution in [3.63, 3.8) is 0 Å². The standard InChI is InChI=1S/C19H20N6O3/c1-27-15-4-2-3-14(9-15)23-19(26)16-11-25(13-22-16)18-10-17(20-12-21-18)24-5-7-28-8-6-24/h2-4,9-13H,5-8H2,1H3,(H,23,26). The molecular weight excluding hydrogens is 360 g/mol. The van der Waals surface area contributed by atoms with Gasteiger partial charge >= 0.3 is 0 Å². The van der Waals surface area contributed by atoms with Gasteiger partial charge in [0.2, 0.25) is 0 Å². The predicted octanol–water partition coefficient (Wildman–Crippen LogP) is 1.76. The number of hydrogen-bond acceptors (Lipinski definition) is 7. The van der Waals surface area contributed by atoms with Gasteiger partial charge in [-0.25, -0.2) is 15.0 Å². The van der Waals surface area contributed by atoms with Crippen LogP contribution in [0.25, 0.3) is 5.82 Å². The van der Waals surface area contributed by atoms with Gasteiger partial charge in [0.05, 0.1) is 20.3 Å². The highest BCUT2D eigenvalue weighted by atomic mass is 16.5. The van der Waals surface area contributed by atoms with E-state index in [0.717, 1.165) is 18.9 Å². The quantitative estimate of drug-likeness (QED) is 0.721. The molecule has 0 saturated carbocycles. The maximum absolute atomic E-state index is 12.5. The lowest BCUT2D eigenvalue weighted by atomic mass is 10.3. The molecule has 9 heteroatoms. The number of morpholine rings is 1. The Bertz CT molecular complexity index is 968. The van der Waals surface area contributed by atoms with Crippen LogP contribution in [0, 0.1) is 0 Å². The van der Waals surface area contributed by atoms with Crippen LogP contribution in [0.1, 0.15) is 10.5 Å². The van der Waals surface area contributed by atoms with Crippen LogP contribution in [-0.4, -0.2) is 58.8 Å². The molecule has 1 aliphatic rings. The Hall–Kier alpha value is -3.46. The Kier molecular flexibility index (Phi) is 5.16. The van der Waals surface area contributed by atoms with E-state index in [-0.39, 0.29) is 11.6 Å². The molecule has 0 radical (unpaired) electrons. The summed E-state index contributed by atoms with van der Waals surface area (Å²) in [6, 6.07) is 9.02. The fourth-order valence-corrected chi connectivity index (χ4v) is 2.91. The highest BCUT2D eigenvalue weighted by molar-refractivity contribution is 6.02. The summed E-state index contributed by atoms with van der Waals surface area (Å²) in [6.45, 7) is 2.93. The largest absolute Gasteiger partial charge is 0.497 e. The maximum atomic E-state index is 12.5. The number of hydrogen-bond donors (Lipinski definition) is 1. The fraction of sp³-hybridized carbons (Fsp3) is 0.263. The zero-order chi connectivity index (χ0) is 19.3. The van der Waals surface area contributed by atoms with Crippen LogP contribution in [-0.2, 0) is 4.74 Å². The number of nitrogens with one attached hydrogen (secondary N) is 1. The summed E-state index contributed by atoms with van der Waals surface area (Å²) in [5.41, 5.74) is 0.921. The number of ether oxygens (including phenoxy) is 2. The Morgan fingerprint density at radius 3 is 2.79 bits per heavy atom. The zero-order valence-electron chi connectivity index (χ0n) is 15.4. The molecule has 0 atom stereocenters. The molecule has 3 heterocycles. The minimum absolute atomic E-state index is 0.286. The number of benzene rings is 1. The summed E-state index contributed by atoms with van der Waals surface area (Å²) in [5, 5.41) is 2.81. The summed E-state index contributed by atoms with van der Waals surface area (Å²) in [6.07, 6.45) is 4.71. The third-order valence-corrected chi connectivity index (χ3v) is 4.38. The van der Waals surface area contributed by atoms with Crippen LogP contribution in [0.15, 0.2) is 49.2 Å². The van der Waals surface area contributed by atoms with E-state index in [1.165, 1.54) is 6.33 Å². The molecule has 1 N–H and O–H groups in total. The van der Waals surface area contributed by atoms with Crippen molar-refractivity contribution in [3.05, 3.63) is 54.9 Å². The third kappa shape index (κ3) is 3.94. The normalized spacial score (nSPS) is 14.0. The number of carbonyl (C=O) groups is 1. The maximum Gasteiger partial charge on any atom is 0.275 e. The van der Waals surface area contributed by atoms with Crippen LogP contribution in [0.5, 0.6) is 5.75 Å². The molecule has 1 amide bonds. The Labute approximate surface area is 162 Å². The summed E-state index contributed by atoms with van der Waals surface area (Å²) in [4.78, 5) is 27.5. The first kappa shape index (κ1) is 17.9. The van der Waals surface area contributed by atoms with E-state index in [4.69, 9.17) is 9.47 Å². The number of anilines is 2. The molecular formula is C19H20N6O3. The first-order valence-corrected chi connectivity index (χ1v) is 8.87. The van der Waals surface area contributed by atoms with Crippen molar-refractivity contribution >= 4 is 17.4 Å². The smallest absolute Gasteiger partial charge is 0.275 e. The lowest BCUT2D eigenvalue weighted by Gasteiger charge is -2.27. The summed E-state index contributed by atoms with van der Waals surface area (Å²) >= 11 is 0. The number of imidazole rings is 1. The molecule has 0 spiro atoms. The molecule has 2 aromatic heterocycles. The second-order valence-electron chi connectivity index (χ2n) is 6.19. The van der Waals surface area contributed by atoms with Crippen molar-refractivity contribution in [1.82, 2.24) is 19.5 Å². The van der Waals surface area contributed by atoms with E-state index in [9.17, 15) is 4.79 Å². The van der Waals surface area contributed by atoms with E-state index >= 15 is 0 Å². The van der Waals surface area contributed by atoms with Gasteiger partial charge in [0.25, 0.3) is 5.91 Å². The lowest BCUT2D eigenvalue weighted by Crippen LogP contribution is -2.36. The van der Waals surface area contributed by atoms with Crippen LogP contribution < -0.4 is 15.0 Å². The molecule has 28 heavy (non-hydrogen) atoms. The van der Waals surface area contributed by atoms with Gasteiger partial charge in [0.15, 0.2) is 0 Å². The molecule has 0 bridgehead atoms. The Morgan fingerprint density at radius 2 is 1.96 bits per heavy atom. The van der Waals surface area contributed by atoms with Crippen molar-refractivity contribution in [1.29, 1.82) is 0 Å². The number of methoxy groups -OCH3 is 1. The van der Waals surface area contributed by atoms with Crippen molar-refractivity contribution in [3.8, 4) is 11.6 Å². The van der Waals surface area contributed by atoms with Gasteiger partial charge in [0, 0.05) is 37.1 Å². The van der Waals surface area contributed by atoms with Gasteiger partial charge in [-0.1, -0.05) is 6.07 Å².